The lowest BCUT2D eigenvalue weighted by molar-refractivity contribution is -0.176. The molecule has 3 heterocycles. The first-order chi connectivity index (χ1) is 25.5. The first kappa shape index (κ1) is 38.0. The van der Waals surface area contributed by atoms with Gasteiger partial charge in [0, 0.05) is 42.9 Å². The summed E-state index contributed by atoms with van der Waals surface area (Å²) in [4.78, 5) is 33.1. The standard InChI is InChI=1S/C33H40N2O9.C9H12/c1-38-19-7-8-20-21-9-10-35-16-18-13-27(44-32(36)17-11-25(39-2)30(41-4)26(12-17)40-3)31(42-5)28(33(37)43-6)22(18)15-24(35)29(21)34-23(20)14-19;1-7-4-8(2)6-9(3)5-7/h7-8,11-12,14,18,22,24,27-28,31,34H,9-10,13,15-16H2,1-6H3;4-6H,1-3H3/t18-,22+,24-,27-,28+,31+;/m1./s1. The van der Waals surface area contributed by atoms with Crippen molar-refractivity contribution in [1.29, 1.82) is 0 Å². The van der Waals surface area contributed by atoms with E-state index in [-0.39, 0.29) is 29.4 Å². The Morgan fingerprint density at radius 2 is 1.45 bits per heavy atom. The van der Waals surface area contributed by atoms with Crippen LogP contribution >= 0.6 is 0 Å². The molecule has 0 spiro atoms. The second-order valence-corrected chi connectivity index (χ2v) is 14.4. The maximum Gasteiger partial charge on any atom is 0.338 e. The van der Waals surface area contributed by atoms with Crippen LogP contribution in [0.1, 0.15) is 57.2 Å². The Kier molecular flexibility index (Phi) is 11.5. The quantitative estimate of drug-likeness (QED) is 0.195. The number of methoxy groups -OCH3 is 6. The first-order valence-corrected chi connectivity index (χ1v) is 18.1. The molecule has 2 aliphatic heterocycles. The zero-order valence-corrected chi connectivity index (χ0v) is 32.2. The molecular formula is C42H52N2O9. The van der Waals surface area contributed by atoms with Gasteiger partial charge in [-0.05, 0) is 81.7 Å². The Balaban J connectivity index is 0.000000468. The molecule has 0 bridgehead atoms. The van der Waals surface area contributed by atoms with Crippen molar-refractivity contribution in [3.63, 3.8) is 0 Å². The van der Waals surface area contributed by atoms with Gasteiger partial charge in [0.05, 0.1) is 53.1 Å². The summed E-state index contributed by atoms with van der Waals surface area (Å²) in [5.41, 5.74) is 7.89. The summed E-state index contributed by atoms with van der Waals surface area (Å²) in [5.74, 6) is 0.441. The number of ether oxygens (including phenoxy) is 7. The molecule has 2 fully saturated rings. The number of carbonyl (C=O) groups excluding carboxylic acids is 2. The summed E-state index contributed by atoms with van der Waals surface area (Å²) in [6.45, 7) is 8.06. The number of esters is 2. The van der Waals surface area contributed by atoms with Gasteiger partial charge in [0.1, 0.15) is 18.0 Å². The van der Waals surface area contributed by atoms with Crippen LogP contribution in [0.2, 0.25) is 0 Å². The van der Waals surface area contributed by atoms with Gasteiger partial charge >= 0.3 is 11.9 Å². The topological polar surface area (TPSA) is 118 Å². The molecule has 3 aliphatic rings. The summed E-state index contributed by atoms with van der Waals surface area (Å²) in [6, 6.07) is 16.0. The smallest absolute Gasteiger partial charge is 0.338 e. The number of hydrogen-bond acceptors (Lipinski definition) is 10. The molecule has 6 atom stereocenters. The molecule has 53 heavy (non-hydrogen) atoms. The van der Waals surface area contributed by atoms with Crippen LogP contribution in [0.5, 0.6) is 23.0 Å². The Hall–Kier alpha value is -4.74. The van der Waals surface area contributed by atoms with Crippen molar-refractivity contribution in [3.05, 3.63) is 82.0 Å². The average molecular weight is 729 g/mol. The highest BCUT2D eigenvalue weighted by Crippen LogP contribution is 2.51. The van der Waals surface area contributed by atoms with E-state index in [1.807, 2.05) is 12.1 Å². The number of rotatable bonds is 8. The van der Waals surface area contributed by atoms with Gasteiger partial charge in [-0.15, -0.1) is 0 Å². The number of aromatic nitrogens is 1. The van der Waals surface area contributed by atoms with Crippen molar-refractivity contribution in [2.75, 3.05) is 55.7 Å². The predicted octanol–water partition coefficient (Wildman–Crippen LogP) is 6.78. The van der Waals surface area contributed by atoms with E-state index < -0.39 is 24.1 Å². The van der Waals surface area contributed by atoms with Crippen molar-refractivity contribution in [3.8, 4) is 23.0 Å². The third-order valence-corrected chi connectivity index (χ3v) is 11.1. The minimum atomic E-state index is -0.670. The van der Waals surface area contributed by atoms with Crippen LogP contribution in [0, 0.1) is 38.5 Å². The Bertz CT molecular complexity index is 1880. The molecule has 1 saturated carbocycles. The molecule has 0 radical (unpaired) electrons. The van der Waals surface area contributed by atoms with E-state index in [4.69, 9.17) is 33.2 Å². The van der Waals surface area contributed by atoms with Crippen molar-refractivity contribution in [2.24, 2.45) is 17.8 Å². The fraction of sp³-hybridized carbons (Fsp3) is 0.476. The summed E-state index contributed by atoms with van der Waals surface area (Å²) in [7, 11) is 9.10. The fourth-order valence-corrected chi connectivity index (χ4v) is 8.96. The fourth-order valence-electron chi connectivity index (χ4n) is 8.96. The first-order valence-electron chi connectivity index (χ1n) is 18.1. The van der Waals surface area contributed by atoms with E-state index in [0.29, 0.717) is 23.7 Å². The number of aromatic amines is 1. The van der Waals surface area contributed by atoms with Gasteiger partial charge in [-0.2, -0.15) is 0 Å². The normalized spacial score (nSPS) is 23.3. The second kappa shape index (κ2) is 16.1. The highest BCUT2D eigenvalue weighted by atomic mass is 16.6. The predicted molar refractivity (Wildman–Crippen MR) is 201 cm³/mol. The molecule has 1 saturated heterocycles. The lowest BCUT2D eigenvalue weighted by atomic mass is 9.63. The zero-order valence-electron chi connectivity index (χ0n) is 32.2. The molecule has 11 heteroatoms. The number of benzene rings is 3. The molecule has 1 aliphatic carbocycles. The average Bonchev–Trinajstić information content (AvgIpc) is 3.53. The zero-order chi connectivity index (χ0) is 38.0. The third-order valence-electron chi connectivity index (χ3n) is 11.1. The van der Waals surface area contributed by atoms with E-state index in [1.165, 1.54) is 61.8 Å². The van der Waals surface area contributed by atoms with Gasteiger partial charge in [0.2, 0.25) is 5.75 Å². The molecule has 4 aromatic rings. The number of H-pyrrole nitrogens is 1. The van der Waals surface area contributed by atoms with Gasteiger partial charge < -0.3 is 38.1 Å². The number of hydrogen-bond donors (Lipinski definition) is 1. The van der Waals surface area contributed by atoms with Gasteiger partial charge in [0.25, 0.3) is 0 Å². The number of piperidine rings is 1. The highest BCUT2D eigenvalue weighted by Gasteiger charge is 2.54. The molecule has 0 amide bonds. The van der Waals surface area contributed by atoms with Crippen molar-refractivity contribution in [2.45, 2.75) is 58.3 Å². The molecule has 0 unspecified atom stereocenters. The van der Waals surface area contributed by atoms with Crippen LogP contribution in [-0.4, -0.2) is 89.8 Å². The summed E-state index contributed by atoms with van der Waals surface area (Å²) in [5, 5.41) is 1.21. The van der Waals surface area contributed by atoms with E-state index in [0.717, 1.165) is 37.2 Å². The molecule has 1 N–H and O–H groups in total. The molecule has 7 rings (SSSR count). The largest absolute Gasteiger partial charge is 0.497 e. The molecule has 284 valence electrons. The summed E-state index contributed by atoms with van der Waals surface area (Å²) in [6.07, 6.45) is 0.920. The summed E-state index contributed by atoms with van der Waals surface area (Å²) >= 11 is 0. The van der Waals surface area contributed by atoms with Gasteiger partial charge in [-0.1, -0.05) is 34.9 Å². The van der Waals surface area contributed by atoms with Crippen LogP contribution in [-0.2, 0) is 25.4 Å². The Labute approximate surface area is 311 Å². The maximum atomic E-state index is 13.5. The van der Waals surface area contributed by atoms with Gasteiger partial charge in [-0.25, -0.2) is 4.79 Å². The van der Waals surface area contributed by atoms with Gasteiger partial charge in [0.15, 0.2) is 11.5 Å². The highest BCUT2D eigenvalue weighted by molar-refractivity contribution is 5.91. The van der Waals surface area contributed by atoms with Crippen LogP contribution in [0.4, 0.5) is 0 Å². The minimum Gasteiger partial charge on any atom is -0.497 e. The number of fused-ring (bicyclic) bond motifs is 6. The Morgan fingerprint density at radius 1 is 0.792 bits per heavy atom. The maximum absolute atomic E-state index is 13.5. The summed E-state index contributed by atoms with van der Waals surface area (Å²) < 4.78 is 39.1. The lowest BCUT2D eigenvalue weighted by Gasteiger charge is -2.52. The van der Waals surface area contributed by atoms with Crippen molar-refractivity contribution in [1.82, 2.24) is 9.88 Å². The number of nitrogens with zero attached hydrogens (tertiary/aromatic N) is 1. The van der Waals surface area contributed by atoms with Crippen molar-refractivity contribution < 1.29 is 42.7 Å². The third kappa shape index (κ3) is 7.55. The number of carbonyl (C=O) groups is 2. The lowest BCUT2D eigenvalue weighted by Crippen LogP contribution is -2.58. The molecule has 11 nitrogen and oxygen atoms in total. The van der Waals surface area contributed by atoms with Gasteiger partial charge in [-0.3, -0.25) is 9.69 Å². The minimum absolute atomic E-state index is 0.0170. The molecule has 1 aromatic heterocycles. The van der Waals surface area contributed by atoms with Crippen LogP contribution in [0.25, 0.3) is 10.9 Å². The van der Waals surface area contributed by atoms with Crippen LogP contribution in [0.3, 0.4) is 0 Å². The van der Waals surface area contributed by atoms with E-state index in [2.05, 4.69) is 54.9 Å². The number of nitrogens with one attached hydrogen (secondary N) is 1. The van der Waals surface area contributed by atoms with E-state index >= 15 is 0 Å². The Morgan fingerprint density at radius 3 is 2.02 bits per heavy atom. The SMILES string of the molecule is COC(=O)[C@H]1[C@H]2C[C@@H]3c4[nH]c5cc(OC)ccc5c4CCN3C[C@H]2C[C@@H](OC(=O)c2cc(OC)c(OC)c(OC)c2)[C@@H]1OC.Cc1cc(C)cc(C)c1. The van der Waals surface area contributed by atoms with Crippen LogP contribution in [0.15, 0.2) is 48.5 Å². The van der Waals surface area contributed by atoms with Crippen molar-refractivity contribution >= 4 is 22.8 Å². The monoisotopic (exact) mass is 728 g/mol. The second-order valence-electron chi connectivity index (χ2n) is 14.4. The van der Waals surface area contributed by atoms with E-state index in [1.54, 1.807) is 26.4 Å². The molecule has 3 aromatic carbocycles. The molecular weight excluding hydrogens is 676 g/mol. The van der Waals surface area contributed by atoms with Crippen LogP contribution < -0.4 is 18.9 Å². The number of aryl methyl sites for hydroxylation is 3. The van der Waals surface area contributed by atoms with E-state index in [9.17, 15) is 9.59 Å².